The molecule has 3 nitrogen and oxygen atoms in total. The zero-order chi connectivity index (χ0) is 11.2. The highest BCUT2D eigenvalue weighted by Gasteiger charge is 2.27. The highest BCUT2D eigenvalue weighted by molar-refractivity contribution is 5.91. The fourth-order valence-electron chi connectivity index (χ4n) is 2.64. The molecule has 0 amide bonds. The first-order chi connectivity index (χ1) is 8.43. The van der Waals surface area contributed by atoms with E-state index in [-0.39, 0.29) is 0 Å². The smallest absolute Gasteiger partial charge is 0.130 e. The van der Waals surface area contributed by atoms with E-state index in [1.807, 2.05) is 18.5 Å². The summed E-state index contributed by atoms with van der Waals surface area (Å²) < 4.78 is 0. The fraction of sp³-hybridized carbons (Fsp3) is 0.143. The van der Waals surface area contributed by atoms with Crippen LogP contribution in [0.15, 0.2) is 41.5 Å². The van der Waals surface area contributed by atoms with Crippen molar-refractivity contribution in [3.63, 3.8) is 0 Å². The Morgan fingerprint density at radius 3 is 3.06 bits per heavy atom. The Hall–Kier alpha value is -2.16. The monoisotopic (exact) mass is 221 g/mol. The normalized spacial score (nSPS) is 19.2. The number of fused-ring (bicyclic) bond motifs is 2. The summed E-state index contributed by atoms with van der Waals surface area (Å²) in [6, 6.07) is 10.4. The molecule has 0 bridgehead atoms. The number of nitrogens with zero attached hydrogens (tertiary/aromatic N) is 2. The molecule has 2 aliphatic heterocycles. The van der Waals surface area contributed by atoms with Gasteiger partial charge in [0.25, 0.3) is 0 Å². The zero-order valence-corrected chi connectivity index (χ0v) is 9.22. The van der Waals surface area contributed by atoms with Crippen molar-refractivity contribution in [2.24, 2.45) is 4.99 Å². The Bertz CT molecular complexity index is 631. The molecule has 0 aliphatic carbocycles. The lowest BCUT2D eigenvalue weighted by atomic mass is 9.95. The third kappa shape index (κ3) is 1.16. The molecular formula is C14H11N3. The van der Waals surface area contributed by atoms with Gasteiger partial charge in [0.1, 0.15) is 5.82 Å². The predicted molar refractivity (Wildman–Crippen MR) is 69.1 cm³/mol. The van der Waals surface area contributed by atoms with Crippen LogP contribution < -0.4 is 5.32 Å². The number of hydrogen-bond donors (Lipinski definition) is 1. The maximum atomic E-state index is 4.59. The summed E-state index contributed by atoms with van der Waals surface area (Å²) in [6.45, 7) is 0.900. The molecule has 4 rings (SSSR count). The summed E-state index contributed by atoms with van der Waals surface area (Å²) in [4.78, 5) is 8.99. The van der Waals surface area contributed by atoms with Crippen LogP contribution in [0.1, 0.15) is 11.5 Å². The van der Waals surface area contributed by atoms with E-state index in [9.17, 15) is 0 Å². The molecular weight excluding hydrogens is 210 g/mol. The Morgan fingerprint density at radius 2 is 2.06 bits per heavy atom. The van der Waals surface area contributed by atoms with Crippen LogP contribution in [-0.4, -0.2) is 17.7 Å². The topological polar surface area (TPSA) is 37.3 Å². The number of rotatable bonds is 0. The Kier molecular flexibility index (Phi) is 1.66. The van der Waals surface area contributed by atoms with E-state index in [1.165, 1.54) is 16.7 Å². The molecule has 2 aliphatic rings. The second-order valence-corrected chi connectivity index (χ2v) is 4.40. The molecule has 0 radical (unpaired) electrons. The van der Waals surface area contributed by atoms with E-state index < -0.39 is 0 Å². The SMILES string of the molecule is C1=Nc2ccccc2-c2ccnc3c2C1CN3. The van der Waals surface area contributed by atoms with Crippen LogP contribution in [0.2, 0.25) is 0 Å². The van der Waals surface area contributed by atoms with Crippen molar-refractivity contribution in [3.8, 4) is 11.1 Å². The van der Waals surface area contributed by atoms with Crippen LogP contribution in [-0.2, 0) is 0 Å². The lowest BCUT2D eigenvalue weighted by Crippen LogP contribution is -2.02. The molecule has 17 heavy (non-hydrogen) atoms. The Balaban J connectivity index is 2.11. The fourth-order valence-corrected chi connectivity index (χ4v) is 2.64. The van der Waals surface area contributed by atoms with E-state index in [0.29, 0.717) is 5.92 Å². The first-order valence-electron chi connectivity index (χ1n) is 5.80. The number of pyridine rings is 1. The Morgan fingerprint density at radius 1 is 1.12 bits per heavy atom. The van der Waals surface area contributed by atoms with Crippen molar-refractivity contribution in [1.82, 2.24) is 4.98 Å². The summed E-state index contributed by atoms with van der Waals surface area (Å²) in [5.74, 6) is 1.36. The maximum Gasteiger partial charge on any atom is 0.130 e. The average molecular weight is 221 g/mol. The van der Waals surface area contributed by atoms with Gasteiger partial charge < -0.3 is 5.32 Å². The van der Waals surface area contributed by atoms with E-state index in [2.05, 4.69) is 39.6 Å². The molecule has 3 heteroatoms. The van der Waals surface area contributed by atoms with Gasteiger partial charge in [0.05, 0.1) is 5.69 Å². The van der Waals surface area contributed by atoms with Gasteiger partial charge in [-0.25, -0.2) is 4.98 Å². The molecule has 1 aromatic heterocycles. The van der Waals surface area contributed by atoms with Crippen LogP contribution >= 0.6 is 0 Å². The molecule has 0 fully saturated rings. The van der Waals surface area contributed by atoms with Crippen molar-refractivity contribution in [3.05, 3.63) is 42.1 Å². The number of anilines is 1. The van der Waals surface area contributed by atoms with Gasteiger partial charge in [-0.3, -0.25) is 4.99 Å². The third-order valence-electron chi connectivity index (χ3n) is 3.44. The van der Waals surface area contributed by atoms with Gasteiger partial charge in [-0.05, 0) is 17.7 Å². The molecule has 1 aromatic carbocycles. The first-order valence-corrected chi connectivity index (χ1v) is 5.80. The quantitative estimate of drug-likeness (QED) is 0.742. The van der Waals surface area contributed by atoms with Gasteiger partial charge in [0, 0.05) is 36.0 Å². The minimum absolute atomic E-state index is 0.348. The second kappa shape index (κ2) is 3.17. The second-order valence-electron chi connectivity index (χ2n) is 4.40. The van der Waals surface area contributed by atoms with E-state index >= 15 is 0 Å². The molecule has 0 spiro atoms. The van der Waals surface area contributed by atoms with Gasteiger partial charge in [0.2, 0.25) is 0 Å². The summed E-state index contributed by atoms with van der Waals surface area (Å²) in [7, 11) is 0. The number of aromatic nitrogens is 1. The van der Waals surface area contributed by atoms with Crippen LogP contribution in [0.5, 0.6) is 0 Å². The van der Waals surface area contributed by atoms with Crippen molar-refractivity contribution < 1.29 is 0 Å². The van der Waals surface area contributed by atoms with Crippen molar-refractivity contribution in [2.45, 2.75) is 5.92 Å². The number of benzene rings is 1. The standard InChI is InChI=1S/C14H11N3/c1-2-4-12-10(3-1)11-5-6-15-14-13(11)9(7-16-12)8-17-14/h1-7,9H,8H2,(H,15,17). The molecule has 3 heterocycles. The lowest BCUT2D eigenvalue weighted by molar-refractivity contribution is 1.02. The van der Waals surface area contributed by atoms with Crippen molar-refractivity contribution in [1.29, 1.82) is 0 Å². The van der Waals surface area contributed by atoms with Gasteiger partial charge in [0.15, 0.2) is 0 Å². The van der Waals surface area contributed by atoms with Gasteiger partial charge >= 0.3 is 0 Å². The van der Waals surface area contributed by atoms with Gasteiger partial charge in [-0.1, -0.05) is 18.2 Å². The molecule has 1 unspecified atom stereocenters. The maximum absolute atomic E-state index is 4.59. The molecule has 1 atom stereocenters. The Labute approximate surface area is 99.2 Å². The molecule has 82 valence electrons. The molecule has 0 saturated carbocycles. The number of para-hydroxylation sites is 1. The largest absolute Gasteiger partial charge is 0.369 e. The highest BCUT2D eigenvalue weighted by Crippen LogP contribution is 2.42. The minimum Gasteiger partial charge on any atom is -0.369 e. The van der Waals surface area contributed by atoms with E-state index in [4.69, 9.17) is 0 Å². The van der Waals surface area contributed by atoms with E-state index in [0.717, 1.165) is 18.1 Å². The highest BCUT2D eigenvalue weighted by atomic mass is 15.0. The van der Waals surface area contributed by atoms with Crippen molar-refractivity contribution in [2.75, 3.05) is 11.9 Å². The first kappa shape index (κ1) is 8.93. The van der Waals surface area contributed by atoms with Crippen LogP contribution in [0.3, 0.4) is 0 Å². The summed E-state index contributed by atoms with van der Waals surface area (Å²) in [6.07, 6.45) is 3.90. The molecule has 0 saturated heterocycles. The number of aliphatic imine (C=N–C) groups is 1. The average Bonchev–Trinajstić information content (AvgIpc) is 2.72. The van der Waals surface area contributed by atoms with Gasteiger partial charge in [-0.2, -0.15) is 0 Å². The van der Waals surface area contributed by atoms with E-state index in [1.54, 1.807) is 0 Å². The number of nitrogens with one attached hydrogen (secondary N) is 1. The summed E-state index contributed by atoms with van der Waals surface area (Å²) in [5.41, 5.74) is 4.81. The third-order valence-corrected chi connectivity index (χ3v) is 3.44. The van der Waals surface area contributed by atoms with Gasteiger partial charge in [-0.15, -0.1) is 0 Å². The summed E-state index contributed by atoms with van der Waals surface area (Å²) >= 11 is 0. The molecule has 2 aromatic rings. The van der Waals surface area contributed by atoms with Crippen LogP contribution in [0, 0.1) is 0 Å². The predicted octanol–water partition coefficient (Wildman–Crippen LogP) is 2.97. The molecule has 1 N–H and O–H groups in total. The summed E-state index contributed by atoms with van der Waals surface area (Å²) in [5, 5.41) is 3.34. The van der Waals surface area contributed by atoms with Crippen LogP contribution in [0.4, 0.5) is 11.5 Å². The zero-order valence-electron chi connectivity index (χ0n) is 9.22. The van der Waals surface area contributed by atoms with Crippen molar-refractivity contribution >= 4 is 17.7 Å². The minimum atomic E-state index is 0.348. The number of hydrogen-bond acceptors (Lipinski definition) is 3. The lowest BCUT2D eigenvalue weighted by Gasteiger charge is -2.09. The van der Waals surface area contributed by atoms with Crippen LogP contribution in [0.25, 0.3) is 11.1 Å².